The normalized spacial score (nSPS) is 11.0. The first-order valence-corrected chi connectivity index (χ1v) is 11.7. The lowest BCUT2D eigenvalue weighted by molar-refractivity contribution is 0.0954. The summed E-state index contributed by atoms with van der Waals surface area (Å²) in [4.78, 5) is 17.3. The summed E-state index contributed by atoms with van der Waals surface area (Å²) in [6.07, 6.45) is 2.57. The van der Waals surface area contributed by atoms with Crippen LogP contribution in [0, 0.1) is 6.92 Å². The number of carbonyl (C=O) groups is 1. The lowest BCUT2D eigenvalue weighted by Gasteiger charge is -2.11. The Morgan fingerprint density at radius 3 is 2.58 bits per heavy atom. The molecule has 0 spiro atoms. The van der Waals surface area contributed by atoms with Gasteiger partial charge in [-0.2, -0.15) is 0 Å². The quantitative estimate of drug-likeness (QED) is 0.302. The number of aryl methyl sites for hydroxylation is 2. The molecule has 0 aliphatic heterocycles. The Hall–Kier alpha value is -3.31. The number of nitrogens with one attached hydrogen (secondary N) is 1. The number of amides is 1. The van der Waals surface area contributed by atoms with Gasteiger partial charge in [-0.1, -0.05) is 53.6 Å². The molecule has 1 heterocycles. The molecule has 0 unspecified atom stereocenters. The van der Waals surface area contributed by atoms with Crippen LogP contribution < -0.4 is 10.1 Å². The summed E-state index contributed by atoms with van der Waals surface area (Å²) in [6.45, 7) is 4.09. The van der Waals surface area contributed by atoms with E-state index in [2.05, 4.69) is 35.0 Å². The van der Waals surface area contributed by atoms with Crippen LogP contribution in [0.4, 0.5) is 0 Å². The number of nitrogens with zero attached hydrogens (tertiary/aromatic N) is 2. The number of imidazole rings is 1. The van der Waals surface area contributed by atoms with Crippen LogP contribution >= 0.6 is 11.6 Å². The minimum atomic E-state index is -0.170. The lowest BCUT2D eigenvalue weighted by Crippen LogP contribution is -2.26. The van der Waals surface area contributed by atoms with E-state index in [1.807, 2.05) is 42.5 Å². The molecular formula is C27H28ClN3O2. The topological polar surface area (TPSA) is 56.1 Å². The number of halogens is 1. The number of para-hydroxylation sites is 2. The van der Waals surface area contributed by atoms with Gasteiger partial charge in [0.15, 0.2) is 0 Å². The van der Waals surface area contributed by atoms with Gasteiger partial charge in [0, 0.05) is 19.5 Å². The molecule has 33 heavy (non-hydrogen) atoms. The van der Waals surface area contributed by atoms with E-state index in [-0.39, 0.29) is 5.91 Å². The molecule has 0 bridgehead atoms. The Kier molecular flexibility index (Phi) is 7.63. The average Bonchev–Trinajstić information content (AvgIpc) is 3.17. The fourth-order valence-electron chi connectivity index (χ4n) is 3.79. The van der Waals surface area contributed by atoms with E-state index >= 15 is 0 Å². The number of unbranched alkanes of at least 4 members (excludes halogenated alkanes) is 1. The Morgan fingerprint density at radius 1 is 1.00 bits per heavy atom. The van der Waals surface area contributed by atoms with Crippen LogP contribution in [0.5, 0.6) is 5.75 Å². The Bertz CT molecular complexity index is 1220. The monoisotopic (exact) mass is 461 g/mol. The zero-order valence-corrected chi connectivity index (χ0v) is 19.5. The van der Waals surface area contributed by atoms with Crippen molar-refractivity contribution in [3.63, 3.8) is 0 Å². The van der Waals surface area contributed by atoms with E-state index in [1.54, 1.807) is 12.1 Å². The maximum absolute atomic E-state index is 12.5. The van der Waals surface area contributed by atoms with Gasteiger partial charge in [0.2, 0.25) is 0 Å². The lowest BCUT2D eigenvalue weighted by atomic mass is 10.2. The van der Waals surface area contributed by atoms with Crippen LogP contribution in [-0.2, 0) is 13.0 Å². The van der Waals surface area contributed by atoms with Crippen molar-refractivity contribution >= 4 is 28.5 Å². The molecule has 0 saturated heterocycles. The van der Waals surface area contributed by atoms with Gasteiger partial charge in [0.1, 0.15) is 11.6 Å². The van der Waals surface area contributed by atoms with Crippen molar-refractivity contribution < 1.29 is 9.53 Å². The molecule has 170 valence electrons. The molecule has 6 heteroatoms. The Labute approximate surface area is 199 Å². The minimum Gasteiger partial charge on any atom is -0.494 e. The molecule has 0 radical (unpaired) electrons. The first-order chi connectivity index (χ1) is 16.1. The van der Waals surface area contributed by atoms with Crippen molar-refractivity contribution in [3.05, 3.63) is 94.8 Å². The maximum Gasteiger partial charge on any atom is 0.252 e. The van der Waals surface area contributed by atoms with Crippen LogP contribution in [0.15, 0.2) is 72.8 Å². The zero-order chi connectivity index (χ0) is 23.0. The molecule has 1 N–H and O–H groups in total. The fourth-order valence-corrected chi connectivity index (χ4v) is 4.01. The summed E-state index contributed by atoms with van der Waals surface area (Å²) in [7, 11) is 0. The smallest absolute Gasteiger partial charge is 0.252 e. The molecule has 1 amide bonds. The highest BCUT2D eigenvalue weighted by Gasteiger charge is 2.12. The van der Waals surface area contributed by atoms with Crippen molar-refractivity contribution in [3.8, 4) is 5.75 Å². The molecule has 0 fully saturated rings. The summed E-state index contributed by atoms with van der Waals surface area (Å²) in [6, 6.07) is 23.4. The van der Waals surface area contributed by atoms with Crippen molar-refractivity contribution in [1.82, 2.24) is 14.9 Å². The number of benzene rings is 3. The largest absolute Gasteiger partial charge is 0.494 e. The highest BCUT2D eigenvalue weighted by molar-refractivity contribution is 6.33. The van der Waals surface area contributed by atoms with Crippen molar-refractivity contribution in [2.24, 2.45) is 0 Å². The van der Waals surface area contributed by atoms with Crippen molar-refractivity contribution in [2.45, 2.75) is 32.7 Å². The highest BCUT2D eigenvalue weighted by Crippen LogP contribution is 2.18. The summed E-state index contributed by atoms with van der Waals surface area (Å²) >= 11 is 6.14. The van der Waals surface area contributed by atoms with E-state index < -0.39 is 0 Å². The average molecular weight is 462 g/mol. The summed E-state index contributed by atoms with van der Waals surface area (Å²) in [5.41, 5.74) is 3.80. The number of ether oxygens (including phenoxy) is 1. The number of fused-ring (bicyclic) bond motifs is 1. The minimum absolute atomic E-state index is 0.170. The maximum atomic E-state index is 12.5. The summed E-state index contributed by atoms with van der Waals surface area (Å²) in [5, 5.41) is 3.42. The molecule has 5 nitrogen and oxygen atoms in total. The Morgan fingerprint density at radius 2 is 1.76 bits per heavy atom. The summed E-state index contributed by atoms with van der Waals surface area (Å²) in [5.74, 6) is 1.70. The van der Waals surface area contributed by atoms with E-state index in [0.717, 1.165) is 42.0 Å². The second kappa shape index (κ2) is 11.0. The third-order valence-electron chi connectivity index (χ3n) is 5.55. The number of carbonyl (C=O) groups excluding carboxylic acids is 1. The van der Waals surface area contributed by atoms with Gasteiger partial charge < -0.3 is 14.6 Å². The zero-order valence-electron chi connectivity index (χ0n) is 18.8. The molecule has 4 rings (SSSR count). The van der Waals surface area contributed by atoms with Crippen LogP contribution in [0.3, 0.4) is 0 Å². The van der Waals surface area contributed by atoms with Gasteiger partial charge in [-0.15, -0.1) is 0 Å². The van der Waals surface area contributed by atoms with E-state index in [1.165, 1.54) is 5.56 Å². The molecule has 4 aromatic rings. The van der Waals surface area contributed by atoms with Gasteiger partial charge in [-0.05, 0) is 56.2 Å². The van der Waals surface area contributed by atoms with Crippen LogP contribution in [-0.4, -0.2) is 28.6 Å². The van der Waals surface area contributed by atoms with Crippen LogP contribution in [0.25, 0.3) is 11.0 Å². The number of hydrogen-bond donors (Lipinski definition) is 1. The predicted octanol–water partition coefficient (Wildman–Crippen LogP) is 5.83. The standard InChI is InChI=1S/C27H28ClN3O2/c1-20-12-14-21(15-13-20)33-19-7-6-18-31-25-11-5-4-10-24(25)30-26(31)16-17-29-27(32)22-8-2-3-9-23(22)28/h2-5,8-15H,6-7,16-19H2,1H3,(H,29,32). The number of rotatable bonds is 10. The van der Waals surface area contributed by atoms with Gasteiger partial charge in [-0.25, -0.2) is 4.98 Å². The molecule has 0 saturated carbocycles. The van der Waals surface area contributed by atoms with E-state index in [9.17, 15) is 4.79 Å². The van der Waals surface area contributed by atoms with Gasteiger partial charge in [0.25, 0.3) is 5.91 Å². The van der Waals surface area contributed by atoms with Crippen molar-refractivity contribution in [2.75, 3.05) is 13.2 Å². The van der Waals surface area contributed by atoms with Crippen LogP contribution in [0.1, 0.15) is 34.6 Å². The third-order valence-corrected chi connectivity index (χ3v) is 5.88. The second-order valence-electron chi connectivity index (χ2n) is 8.02. The SMILES string of the molecule is Cc1ccc(OCCCCn2c(CCNC(=O)c3ccccc3Cl)nc3ccccc32)cc1. The molecule has 0 aliphatic rings. The first kappa shape index (κ1) is 22.9. The molecule has 0 aliphatic carbocycles. The van der Waals surface area contributed by atoms with Gasteiger partial charge in [0.05, 0.1) is 28.2 Å². The van der Waals surface area contributed by atoms with E-state index in [4.69, 9.17) is 21.3 Å². The molecule has 0 atom stereocenters. The molecule has 1 aromatic heterocycles. The van der Waals surface area contributed by atoms with Crippen LogP contribution in [0.2, 0.25) is 5.02 Å². The van der Waals surface area contributed by atoms with Crippen molar-refractivity contribution in [1.29, 1.82) is 0 Å². The molecular weight excluding hydrogens is 434 g/mol. The highest BCUT2D eigenvalue weighted by atomic mass is 35.5. The van der Waals surface area contributed by atoms with Gasteiger partial charge in [-0.3, -0.25) is 4.79 Å². The predicted molar refractivity (Wildman–Crippen MR) is 133 cm³/mol. The first-order valence-electron chi connectivity index (χ1n) is 11.3. The second-order valence-corrected chi connectivity index (χ2v) is 8.43. The third kappa shape index (κ3) is 5.93. The molecule has 3 aromatic carbocycles. The summed E-state index contributed by atoms with van der Waals surface area (Å²) < 4.78 is 8.11. The number of hydrogen-bond acceptors (Lipinski definition) is 3. The van der Waals surface area contributed by atoms with Gasteiger partial charge >= 0.3 is 0 Å². The fraction of sp³-hybridized carbons (Fsp3) is 0.259. The number of aromatic nitrogens is 2. The Balaban J connectivity index is 1.33. The van der Waals surface area contributed by atoms with E-state index in [0.29, 0.717) is 30.2 Å².